The fraction of sp³-hybridized carbons (Fsp3) is 0.0952. The van der Waals surface area contributed by atoms with E-state index in [1.54, 1.807) is 19.1 Å². The van der Waals surface area contributed by atoms with Crippen molar-refractivity contribution in [2.24, 2.45) is 0 Å². The van der Waals surface area contributed by atoms with Crippen LogP contribution in [-0.4, -0.2) is 16.8 Å². The second kappa shape index (κ2) is 8.54. The summed E-state index contributed by atoms with van der Waals surface area (Å²) in [5, 5.41) is 5.42. The third-order valence-corrected chi connectivity index (χ3v) is 4.39. The number of alkyl halides is 3. The number of aryl methyl sites for hydroxylation is 1. The molecular formula is C21H15ClF3N3O2. The summed E-state index contributed by atoms with van der Waals surface area (Å²) in [6.45, 7) is 1.76. The smallest absolute Gasteiger partial charge is 0.322 e. The third kappa shape index (κ3) is 5.15. The van der Waals surface area contributed by atoms with Gasteiger partial charge in [-0.3, -0.25) is 9.59 Å². The molecule has 0 radical (unpaired) electrons. The summed E-state index contributed by atoms with van der Waals surface area (Å²) in [5.74, 6) is -1.13. The number of nitrogens with zero attached hydrogens (tertiary/aromatic N) is 1. The molecule has 1 heterocycles. The van der Waals surface area contributed by atoms with Gasteiger partial charge in [-0.05, 0) is 55.0 Å². The van der Waals surface area contributed by atoms with E-state index in [-0.39, 0.29) is 10.7 Å². The fourth-order valence-corrected chi connectivity index (χ4v) is 2.79. The molecule has 154 valence electrons. The Morgan fingerprint density at radius 2 is 1.63 bits per heavy atom. The van der Waals surface area contributed by atoms with Crippen molar-refractivity contribution in [1.29, 1.82) is 0 Å². The number of amides is 2. The first-order chi connectivity index (χ1) is 14.1. The molecule has 5 nitrogen and oxygen atoms in total. The highest BCUT2D eigenvalue weighted by Gasteiger charge is 2.30. The van der Waals surface area contributed by atoms with E-state index in [0.29, 0.717) is 16.9 Å². The third-order valence-electron chi connectivity index (χ3n) is 4.18. The molecule has 3 rings (SSSR count). The molecule has 2 aromatic carbocycles. The van der Waals surface area contributed by atoms with E-state index in [9.17, 15) is 22.8 Å². The molecule has 0 aliphatic rings. The van der Waals surface area contributed by atoms with Gasteiger partial charge in [0, 0.05) is 28.7 Å². The monoisotopic (exact) mass is 433 g/mol. The summed E-state index contributed by atoms with van der Waals surface area (Å²) in [4.78, 5) is 28.6. The first kappa shape index (κ1) is 21.3. The SMILES string of the molecule is Cc1ccc(NC(=O)c2cccc(C(F)(F)F)c2)cc1NC(=O)c1ccnc(Cl)c1. The standard InChI is InChI=1S/C21H15ClF3N3O2/c1-12-5-6-16(11-17(12)28-20(30)14-7-8-26-18(22)10-14)27-19(29)13-3-2-4-15(9-13)21(23,24)25/h2-11H,1H3,(H,27,29)(H,28,30). The maximum absolute atomic E-state index is 12.9. The number of hydrogen-bond donors (Lipinski definition) is 2. The van der Waals surface area contributed by atoms with Crippen LogP contribution in [0.25, 0.3) is 0 Å². The van der Waals surface area contributed by atoms with Gasteiger partial charge in [-0.2, -0.15) is 13.2 Å². The van der Waals surface area contributed by atoms with Crippen molar-refractivity contribution >= 4 is 34.8 Å². The quantitative estimate of drug-likeness (QED) is 0.529. The predicted molar refractivity (Wildman–Crippen MR) is 108 cm³/mol. The van der Waals surface area contributed by atoms with E-state index in [1.807, 2.05) is 0 Å². The molecule has 0 saturated heterocycles. The van der Waals surface area contributed by atoms with Crippen molar-refractivity contribution in [3.8, 4) is 0 Å². The number of carbonyl (C=O) groups excluding carboxylic acids is 2. The molecular weight excluding hydrogens is 419 g/mol. The van der Waals surface area contributed by atoms with Gasteiger partial charge in [-0.15, -0.1) is 0 Å². The van der Waals surface area contributed by atoms with Crippen LogP contribution < -0.4 is 10.6 Å². The van der Waals surface area contributed by atoms with Crippen molar-refractivity contribution in [3.63, 3.8) is 0 Å². The van der Waals surface area contributed by atoms with Crippen LogP contribution in [0, 0.1) is 6.92 Å². The van der Waals surface area contributed by atoms with Crippen LogP contribution in [0.5, 0.6) is 0 Å². The van der Waals surface area contributed by atoms with Crippen LogP contribution in [0.1, 0.15) is 31.8 Å². The average Bonchev–Trinajstić information content (AvgIpc) is 2.70. The number of hydrogen-bond acceptors (Lipinski definition) is 3. The summed E-state index contributed by atoms with van der Waals surface area (Å²) in [5.41, 5.74) is 0.708. The largest absolute Gasteiger partial charge is 0.416 e. The highest BCUT2D eigenvalue weighted by atomic mass is 35.5. The van der Waals surface area contributed by atoms with Gasteiger partial charge in [-0.25, -0.2) is 4.98 Å². The lowest BCUT2D eigenvalue weighted by Crippen LogP contribution is -2.15. The fourth-order valence-electron chi connectivity index (χ4n) is 2.61. The van der Waals surface area contributed by atoms with Gasteiger partial charge in [-0.1, -0.05) is 23.7 Å². The zero-order valence-corrected chi connectivity index (χ0v) is 16.3. The molecule has 0 fully saturated rings. The predicted octanol–water partition coefficient (Wildman–Crippen LogP) is 5.57. The van der Waals surface area contributed by atoms with Gasteiger partial charge in [0.1, 0.15) is 5.15 Å². The van der Waals surface area contributed by atoms with Crippen molar-refractivity contribution in [3.05, 3.63) is 88.2 Å². The van der Waals surface area contributed by atoms with E-state index in [0.717, 1.165) is 17.7 Å². The summed E-state index contributed by atoms with van der Waals surface area (Å²) in [6.07, 6.45) is -3.15. The van der Waals surface area contributed by atoms with Gasteiger partial charge in [0.05, 0.1) is 5.56 Å². The van der Waals surface area contributed by atoms with Crippen molar-refractivity contribution in [1.82, 2.24) is 4.98 Å². The number of pyridine rings is 1. The Kier molecular flexibility index (Phi) is 6.07. The molecule has 0 bridgehead atoms. The van der Waals surface area contributed by atoms with Gasteiger partial charge >= 0.3 is 6.18 Å². The number of aromatic nitrogens is 1. The number of rotatable bonds is 4. The Morgan fingerprint density at radius 3 is 2.33 bits per heavy atom. The topological polar surface area (TPSA) is 71.1 Å². The lowest BCUT2D eigenvalue weighted by Gasteiger charge is -2.12. The molecule has 9 heteroatoms. The molecule has 0 saturated carbocycles. The second-order valence-corrected chi connectivity index (χ2v) is 6.77. The maximum atomic E-state index is 12.9. The summed E-state index contributed by atoms with van der Waals surface area (Å²) < 4.78 is 38.6. The number of anilines is 2. The van der Waals surface area contributed by atoms with Crippen LogP contribution in [0.3, 0.4) is 0 Å². The van der Waals surface area contributed by atoms with E-state index < -0.39 is 23.6 Å². The lowest BCUT2D eigenvalue weighted by molar-refractivity contribution is -0.137. The van der Waals surface area contributed by atoms with Crippen LogP contribution in [0.4, 0.5) is 24.5 Å². The Bertz CT molecular complexity index is 1120. The molecule has 0 aliphatic carbocycles. The average molecular weight is 434 g/mol. The Labute approximate surface area is 174 Å². The minimum atomic E-state index is -4.55. The summed E-state index contributed by atoms with van der Waals surface area (Å²) in [6, 6.07) is 11.8. The Balaban J connectivity index is 1.78. The van der Waals surface area contributed by atoms with Crippen molar-refractivity contribution in [2.75, 3.05) is 10.6 Å². The number of nitrogens with one attached hydrogen (secondary N) is 2. The Morgan fingerprint density at radius 1 is 0.933 bits per heavy atom. The lowest BCUT2D eigenvalue weighted by atomic mass is 10.1. The number of benzene rings is 2. The number of halogens is 4. The minimum Gasteiger partial charge on any atom is -0.322 e. The molecule has 2 amide bonds. The first-order valence-corrected chi connectivity index (χ1v) is 9.03. The molecule has 2 N–H and O–H groups in total. The van der Waals surface area contributed by atoms with Crippen LogP contribution in [0.15, 0.2) is 60.8 Å². The first-order valence-electron chi connectivity index (χ1n) is 8.65. The molecule has 0 atom stereocenters. The van der Waals surface area contributed by atoms with Crippen molar-refractivity contribution in [2.45, 2.75) is 13.1 Å². The summed E-state index contributed by atoms with van der Waals surface area (Å²) >= 11 is 5.79. The zero-order chi connectivity index (χ0) is 21.9. The Hall–Kier alpha value is -3.39. The normalized spacial score (nSPS) is 11.1. The highest BCUT2D eigenvalue weighted by molar-refractivity contribution is 6.29. The van der Waals surface area contributed by atoms with E-state index >= 15 is 0 Å². The van der Waals surface area contributed by atoms with E-state index in [1.165, 1.54) is 36.5 Å². The van der Waals surface area contributed by atoms with Gasteiger partial charge < -0.3 is 10.6 Å². The van der Waals surface area contributed by atoms with E-state index in [2.05, 4.69) is 15.6 Å². The van der Waals surface area contributed by atoms with Gasteiger partial charge in [0.15, 0.2) is 0 Å². The molecule has 30 heavy (non-hydrogen) atoms. The van der Waals surface area contributed by atoms with Crippen LogP contribution in [0.2, 0.25) is 5.15 Å². The zero-order valence-electron chi connectivity index (χ0n) is 15.5. The summed E-state index contributed by atoms with van der Waals surface area (Å²) in [7, 11) is 0. The molecule has 0 aliphatic heterocycles. The number of carbonyl (C=O) groups is 2. The van der Waals surface area contributed by atoms with Gasteiger partial charge in [0.25, 0.3) is 11.8 Å². The maximum Gasteiger partial charge on any atom is 0.416 e. The second-order valence-electron chi connectivity index (χ2n) is 6.38. The van der Waals surface area contributed by atoms with E-state index in [4.69, 9.17) is 11.6 Å². The van der Waals surface area contributed by atoms with Crippen molar-refractivity contribution < 1.29 is 22.8 Å². The van der Waals surface area contributed by atoms with Crippen LogP contribution in [-0.2, 0) is 6.18 Å². The highest BCUT2D eigenvalue weighted by Crippen LogP contribution is 2.30. The molecule has 3 aromatic rings. The van der Waals surface area contributed by atoms with Gasteiger partial charge in [0.2, 0.25) is 0 Å². The molecule has 0 unspecified atom stereocenters. The molecule has 1 aromatic heterocycles. The van der Waals surface area contributed by atoms with Crippen LogP contribution >= 0.6 is 11.6 Å². The molecule has 0 spiro atoms. The minimum absolute atomic E-state index is 0.137.